The normalized spacial score (nSPS) is 32.7. The molecule has 0 unspecified atom stereocenters. The Kier molecular flexibility index (Phi) is 2.80. The number of hydrogen-bond acceptors (Lipinski definition) is 5. The second kappa shape index (κ2) is 4.42. The summed E-state index contributed by atoms with van der Waals surface area (Å²) in [6.45, 7) is 0.835. The van der Waals surface area contributed by atoms with Gasteiger partial charge in [-0.2, -0.15) is 0 Å². The predicted molar refractivity (Wildman–Crippen MR) is 79.9 cm³/mol. The highest BCUT2D eigenvalue weighted by atomic mass is 32.2. The van der Waals surface area contributed by atoms with E-state index in [9.17, 15) is 18.5 Å². The van der Waals surface area contributed by atoms with Crippen molar-refractivity contribution in [2.45, 2.75) is 30.2 Å². The van der Waals surface area contributed by atoms with Gasteiger partial charge in [-0.1, -0.05) is 0 Å². The lowest BCUT2D eigenvalue weighted by molar-refractivity contribution is -0.384. The maximum atomic E-state index is 11.4. The molecule has 1 aromatic rings. The van der Waals surface area contributed by atoms with E-state index in [2.05, 4.69) is 4.90 Å². The summed E-state index contributed by atoms with van der Waals surface area (Å²) in [6, 6.07) is 4.35. The van der Waals surface area contributed by atoms with Crippen LogP contribution in [0.1, 0.15) is 19.3 Å². The van der Waals surface area contributed by atoms with E-state index in [0.29, 0.717) is 23.6 Å². The summed E-state index contributed by atoms with van der Waals surface area (Å²) < 4.78 is 22.8. The number of benzene rings is 1. The number of sulfonamides is 1. The molecule has 7 nitrogen and oxygen atoms in total. The fraction of sp³-hybridized carbons (Fsp3) is 0.571. The van der Waals surface area contributed by atoms with Crippen LogP contribution in [0.4, 0.5) is 11.4 Å². The molecule has 4 rings (SSSR count). The summed E-state index contributed by atoms with van der Waals surface area (Å²) in [7, 11) is -3.94. The molecule has 2 bridgehead atoms. The maximum absolute atomic E-state index is 11.4. The van der Waals surface area contributed by atoms with Crippen LogP contribution in [-0.4, -0.2) is 25.9 Å². The Morgan fingerprint density at radius 3 is 2.64 bits per heavy atom. The summed E-state index contributed by atoms with van der Waals surface area (Å²) in [6.07, 6.45) is 3.71. The zero-order valence-corrected chi connectivity index (χ0v) is 12.7. The third-order valence-corrected chi connectivity index (χ3v) is 6.50. The van der Waals surface area contributed by atoms with Crippen LogP contribution in [-0.2, 0) is 10.0 Å². The van der Waals surface area contributed by atoms with Crippen molar-refractivity contribution in [1.82, 2.24) is 0 Å². The molecule has 0 spiro atoms. The molecular weight excluding hydrogens is 306 g/mol. The third kappa shape index (κ3) is 1.87. The minimum atomic E-state index is -3.94. The molecule has 1 aliphatic heterocycles. The molecular formula is C14H17N3O4S. The molecule has 2 saturated carbocycles. The number of rotatable bonds is 3. The van der Waals surface area contributed by atoms with Crippen molar-refractivity contribution in [2.24, 2.45) is 22.9 Å². The number of hydrogen-bond donors (Lipinski definition) is 1. The van der Waals surface area contributed by atoms with Crippen LogP contribution in [0.5, 0.6) is 0 Å². The monoisotopic (exact) mass is 323 g/mol. The molecule has 22 heavy (non-hydrogen) atoms. The van der Waals surface area contributed by atoms with Crippen molar-refractivity contribution in [3.63, 3.8) is 0 Å². The van der Waals surface area contributed by atoms with Crippen molar-refractivity contribution in [3.05, 3.63) is 28.3 Å². The van der Waals surface area contributed by atoms with Crippen LogP contribution in [0.25, 0.3) is 0 Å². The van der Waals surface area contributed by atoms with Gasteiger partial charge in [0.05, 0.1) is 9.82 Å². The summed E-state index contributed by atoms with van der Waals surface area (Å²) in [5, 5.41) is 16.4. The summed E-state index contributed by atoms with van der Waals surface area (Å²) in [5.41, 5.74) is 0.346. The largest absolute Gasteiger partial charge is 0.362 e. The zero-order chi connectivity index (χ0) is 15.6. The smallest absolute Gasteiger partial charge is 0.293 e. The van der Waals surface area contributed by atoms with E-state index >= 15 is 0 Å². The van der Waals surface area contributed by atoms with Gasteiger partial charge in [0.1, 0.15) is 5.69 Å². The Balaban J connectivity index is 1.72. The highest BCUT2D eigenvalue weighted by Crippen LogP contribution is 2.57. The molecule has 0 radical (unpaired) electrons. The Hall–Kier alpha value is -1.67. The summed E-state index contributed by atoms with van der Waals surface area (Å²) in [4.78, 5) is 12.7. The molecule has 3 fully saturated rings. The van der Waals surface area contributed by atoms with E-state index in [-0.39, 0.29) is 10.6 Å². The second-order valence-electron chi connectivity index (χ2n) is 6.59. The van der Waals surface area contributed by atoms with Crippen LogP contribution >= 0.6 is 0 Å². The summed E-state index contributed by atoms with van der Waals surface area (Å²) in [5.74, 6) is 2.05. The number of nitro benzene ring substituents is 1. The Morgan fingerprint density at radius 1 is 1.27 bits per heavy atom. The van der Waals surface area contributed by atoms with Crippen molar-refractivity contribution in [1.29, 1.82) is 0 Å². The maximum Gasteiger partial charge on any atom is 0.293 e. The average Bonchev–Trinajstić information content (AvgIpc) is 2.94. The minimum Gasteiger partial charge on any atom is -0.362 e. The highest BCUT2D eigenvalue weighted by Gasteiger charge is 2.57. The van der Waals surface area contributed by atoms with Gasteiger partial charge < -0.3 is 4.90 Å². The first-order valence-corrected chi connectivity index (χ1v) is 8.99. The molecule has 4 atom stereocenters. The van der Waals surface area contributed by atoms with Gasteiger partial charge in [-0.3, -0.25) is 10.1 Å². The molecule has 1 heterocycles. The third-order valence-electron chi connectivity index (χ3n) is 5.59. The number of nitrogens with zero attached hydrogens (tertiary/aromatic N) is 2. The molecule has 2 aliphatic carbocycles. The first-order valence-electron chi connectivity index (χ1n) is 7.44. The van der Waals surface area contributed by atoms with Gasteiger partial charge in [-0.15, -0.1) is 0 Å². The van der Waals surface area contributed by atoms with Crippen molar-refractivity contribution in [3.8, 4) is 0 Å². The lowest BCUT2D eigenvalue weighted by Crippen LogP contribution is -2.59. The molecule has 2 N–H and O–H groups in total. The van der Waals surface area contributed by atoms with Crippen LogP contribution in [0.3, 0.4) is 0 Å². The lowest BCUT2D eigenvalue weighted by Gasteiger charge is -2.51. The molecule has 1 aromatic carbocycles. The van der Waals surface area contributed by atoms with Crippen LogP contribution in [0.15, 0.2) is 23.1 Å². The van der Waals surface area contributed by atoms with Gasteiger partial charge in [0.15, 0.2) is 0 Å². The van der Waals surface area contributed by atoms with Gasteiger partial charge in [-0.25, -0.2) is 13.6 Å². The van der Waals surface area contributed by atoms with E-state index in [0.717, 1.165) is 18.5 Å². The predicted octanol–water partition coefficient (Wildman–Crippen LogP) is 1.48. The number of primary sulfonamides is 1. The van der Waals surface area contributed by atoms with E-state index in [1.54, 1.807) is 0 Å². The van der Waals surface area contributed by atoms with E-state index < -0.39 is 14.9 Å². The standard InChI is InChI=1S/C14H17N3O4S/c15-22(20,21)10-3-4-12(13(6-10)17(18)19)16-7-11-8-1-2-9(5-8)14(11)16/h3-4,6,8-9,11,14H,1-2,5,7H2,(H2,15,20,21)/t8-,9-,11-,14-/m0/s1. The first kappa shape index (κ1) is 14.0. The molecule has 8 heteroatoms. The number of anilines is 1. The van der Waals surface area contributed by atoms with E-state index in [1.165, 1.54) is 31.4 Å². The number of nitro groups is 1. The number of nitrogens with two attached hydrogens (primary N) is 1. The van der Waals surface area contributed by atoms with Crippen LogP contribution in [0, 0.1) is 27.9 Å². The molecule has 1 saturated heterocycles. The SMILES string of the molecule is NS(=O)(=O)c1ccc(N2C[C@H]3[C@H]4CC[C@@H](C4)[C@@H]32)c([N+](=O)[O-])c1. The quantitative estimate of drug-likeness (QED) is 0.669. The van der Waals surface area contributed by atoms with E-state index in [1.807, 2.05) is 0 Å². The van der Waals surface area contributed by atoms with Gasteiger partial charge in [-0.05, 0) is 49.1 Å². The Labute approximate surface area is 128 Å². The average molecular weight is 323 g/mol. The topological polar surface area (TPSA) is 107 Å². The van der Waals surface area contributed by atoms with Crippen molar-refractivity contribution < 1.29 is 13.3 Å². The van der Waals surface area contributed by atoms with Gasteiger partial charge in [0, 0.05) is 18.7 Å². The lowest BCUT2D eigenvalue weighted by atomic mass is 9.76. The van der Waals surface area contributed by atoms with Crippen LogP contribution in [0.2, 0.25) is 0 Å². The Morgan fingerprint density at radius 2 is 2.00 bits per heavy atom. The fourth-order valence-electron chi connectivity index (χ4n) is 4.66. The van der Waals surface area contributed by atoms with Gasteiger partial charge in [0.2, 0.25) is 10.0 Å². The number of fused-ring (bicyclic) bond motifs is 5. The van der Waals surface area contributed by atoms with Crippen LogP contribution < -0.4 is 10.0 Å². The molecule has 0 amide bonds. The van der Waals surface area contributed by atoms with Gasteiger partial charge in [0.25, 0.3) is 5.69 Å². The summed E-state index contributed by atoms with van der Waals surface area (Å²) >= 11 is 0. The second-order valence-corrected chi connectivity index (χ2v) is 8.15. The minimum absolute atomic E-state index is 0.173. The zero-order valence-electron chi connectivity index (χ0n) is 11.9. The Bertz CT molecular complexity index is 761. The first-order chi connectivity index (χ1) is 10.4. The highest BCUT2D eigenvalue weighted by molar-refractivity contribution is 7.89. The molecule has 118 valence electrons. The van der Waals surface area contributed by atoms with Crippen molar-refractivity contribution in [2.75, 3.05) is 11.4 Å². The van der Waals surface area contributed by atoms with Crippen molar-refractivity contribution >= 4 is 21.4 Å². The fourth-order valence-corrected chi connectivity index (χ4v) is 5.20. The van der Waals surface area contributed by atoms with Gasteiger partial charge >= 0.3 is 0 Å². The molecule has 0 aromatic heterocycles. The van der Waals surface area contributed by atoms with E-state index in [4.69, 9.17) is 5.14 Å². The molecule has 3 aliphatic rings.